The van der Waals surface area contributed by atoms with Gasteiger partial charge in [-0.3, -0.25) is 9.46 Å². The van der Waals surface area contributed by atoms with Gasteiger partial charge in [-0.25, -0.2) is 4.79 Å². The lowest BCUT2D eigenvalue weighted by Crippen LogP contribution is -2.30. The first kappa shape index (κ1) is 24.1. The highest BCUT2D eigenvalue weighted by Gasteiger charge is 2.37. The van der Waals surface area contributed by atoms with E-state index in [0.29, 0.717) is 12.1 Å². The lowest BCUT2D eigenvalue weighted by atomic mass is 9.89. The lowest BCUT2D eigenvalue weighted by Gasteiger charge is -2.28. The van der Waals surface area contributed by atoms with Gasteiger partial charge in [0.1, 0.15) is 5.76 Å². The van der Waals surface area contributed by atoms with Crippen molar-refractivity contribution >= 4 is 13.6 Å². The molecule has 8 heteroatoms. The number of carbonyl (C=O) groups excluding carboxylic acids is 1. The van der Waals surface area contributed by atoms with Crippen LogP contribution in [-0.4, -0.2) is 44.3 Å². The summed E-state index contributed by atoms with van der Waals surface area (Å²) in [6, 6.07) is 0. The molecule has 1 aliphatic rings. The monoisotopic (exact) mass is 429 g/mol. The van der Waals surface area contributed by atoms with Crippen molar-refractivity contribution in [3.63, 3.8) is 0 Å². The zero-order valence-electron chi connectivity index (χ0n) is 18.7. The Morgan fingerprint density at radius 3 is 2.14 bits per heavy atom. The number of rotatable bonds is 9. The second-order valence-electron chi connectivity index (χ2n) is 8.40. The average Bonchev–Trinajstić information content (AvgIpc) is 3.00. The molecule has 7 nitrogen and oxygen atoms in total. The predicted molar refractivity (Wildman–Crippen MR) is 112 cm³/mol. The molecular formula is C21H36NO6P. The van der Waals surface area contributed by atoms with E-state index in [0.717, 1.165) is 37.3 Å². The molecule has 29 heavy (non-hydrogen) atoms. The van der Waals surface area contributed by atoms with Crippen LogP contribution in [0.1, 0.15) is 81.3 Å². The number of nitrogens with zero attached hydrogens (tertiary/aromatic N) is 1. The number of hydrogen-bond donors (Lipinski definition) is 0. The van der Waals surface area contributed by atoms with Crippen LogP contribution >= 0.6 is 7.60 Å². The third-order valence-electron chi connectivity index (χ3n) is 5.00. The van der Waals surface area contributed by atoms with Crippen LogP contribution in [0.2, 0.25) is 0 Å². The summed E-state index contributed by atoms with van der Waals surface area (Å²) < 4.78 is 35.4. The van der Waals surface area contributed by atoms with Gasteiger partial charge in [-0.15, -0.1) is 0 Å². The Kier molecular flexibility index (Phi) is 8.53. The largest absolute Gasteiger partial charge is 0.463 e. The fourth-order valence-electron chi connectivity index (χ4n) is 3.75. The Bertz CT molecular complexity index is 720. The van der Waals surface area contributed by atoms with Gasteiger partial charge in [0.25, 0.3) is 0 Å². The van der Waals surface area contributed by atoms with Crippen LogP contribution in [-0.2, 0) is 36.5 Å². The van der Waals surface area contributed by atoms with Gasteiger partial charge in [-0.05, 0) is 39.8 Å². The van der Waals surface area contributed by atoms with Crippen LogP contribution in [0.4, 0.5) is 0 Å². The molecule has 1 aliphatic heterocycles. The zero-order chi connectivity index (χ0) is 21.7. The third kappa shape index (κ3) is 6.17. The molecule has 1 saturated heterocycles. The third-order valence-corrected chi connectivity index (χ3v) is 7.01. The highest BCUT2D eigenvalue weighted by atomic mass is 31.2. The van der Waals surface area contributed by atoms with Crippen molar-refractivity contribution in [1.82, 2.24) is 4.90 Å². The summed E-state index contributed by atoms with van der Waals surface area (Å²) in [6.45, 7) is 12.8. The molecule has 0 N–H and O–H groups in total. The molecule has 1 fully saturated rings. The minimum atomic E-state index is -3.42. The number of furan rings is 1. The van der Waals surface area contributed by atoms with Crippen LogP contribution in [0.3, 0.4) is 0 Å². The molecule has 0 unspecified atom stereocenters. The second kappa shape index (κ2) is 10.3. The molecule has 1 aromatic heterocycles. The Morgan fingerprint density at radius 1 is 1.07 bits per heavy atom. The van der Waals surface area contributed by atoms with Gasteiger partial charge in [-0.2, -0.15) is 0 Å². The fourth-order valence-corrected chi connectivity index (χ4v) is 5.52. The van der Waals surface area contributed by atoms with Crippen LogP contribution < -0.4 is 0 Å². The standard InChI is InChI=1S/C21H36NO6P/c1-7-26-29(24,27-8-2)15-17-16(14-22-12-10-9-11-13-22)19(21(3,4)5)28-18(17)20(23)25-6/h7-15H2,1-6H3. The number of hydrogen-bond acceptors (Lipinski definition) is 7. The Morgan fingerprint density at radius 2 is 1.66 bits per heavy atom. The van der Waals surface area contributed by atoms with Crippen molar-refractivity contribution in [2.45, 2.75) is 72.0 Å². The molecule has 1 aromatic rings. The van der Waals surface area contributed by atoms with Crippen LogP contribution in [0.15, 0.2) is 4.42 Å². The topological polar surface area (TPSA) is 78.2 Å². The minimum absolute atomic E-state index is 0.0120. The lowest BCUT2D eigenvalue weighted by molar-refractivity contribution is 0.0560. The summed E-state index contributed by atoms with van der Waals surface area (Å²) in [5.74, 6) is 0.247. The van der Waals surface area contributed by atoms with Gasteiger partial charge in [0.2, 0.25) is 5.76 Å². The summed E-state index contributed by atoms with van der Waals surface area (Å²) in [4.78, 5) is 14.9. The van der Waals surface area contributed by atoms with Crippen molar-refractivity contribution in [3.8, 4) is 0 Å². The number of likely N-dealkylation sites (tertiary alicyclic amines) is 1. The molecule has 0 saturated carbocycles. The van der Waals surface area contributed by atoms with E-state index in [9.17, 15) is 9.36 Å². The Labute approximate surface area is 174 Å². The minimum Gasteiger partial charge on any atom is -0.463 e. The fraction of sp³-hybridized carbons (Fsp3) is 0.762. The molecule has 0 bridgehead atoms. The first-order valence-electron chi connectivity index (χ1n) is 10.5. The smallest absolute Gasteiger partial charge is 0.374 e. The van der Waals surface area contributed by atoms with Gasteiger partial charge in [0, 0.05) is 23.1 Å². The average molecular weight is 429 g/mol. The van der Waals surface area contributed by atoms with Gasteiger partial charge in [-0.1, -0.05) is 27.2 Å². The molecule has 166 valence electrons. The molecule has 0 spiro atoms. The van der Waals surface area contributed by atoms with E-state index in [1.54, 1.807) is 13.8 Å². The quantitative estimate of drug-likeness (QED) is 0.398. The highest BCUT2D eigenvalue weighted by molar-refractivity contribution is 7.53. The molecule has 2 rings (SSSR count). The van der Waals surface area contributed by atoms with E-state index < -0.39 is 13.6 Å². The summed E-state index contributed by atoms with van der Waals surface area (Å²) in [5.41, 5.74) is 1.16. The number of esters is 1. The Balaban J connectivity index is 2.57. The summed E-state index contributed by atoms with van der Waals surface area (Å²) >= 11 is 0. The van der Waals surface area contributed by atoms with Crippen molar-refractivity contribution in [1.29, 1.82) is 0 Å². The molecule has 0 radical (unpaired) electrons. The molecular weight excluding hydrogens is 393 g/mol. The number of methoxy groups -OCH3 is 1. The molecule has 0 aliphatic carbocycles. The van der Waals surface area contributed by atoms with E-state index in [1.165, 1.54) is 13.5 Å². The van der Waals surface area contributed by atoms with E-state index >= 15 is 0 Å². The van der Waals surface area contributed by atoms with Crippen molar-refractivity contribution in [2.75, 3.05) is 33.4 Å². The van der Waals surface area contributed by atoms with E-state index in [2.05, 4.69) is 4.90 Å². The van der Waals surface area contributed by atoms with Crippen LogP contribution in [0.25, 0.3) is 0 Å². The van der Waals surface area contributed by atoms with Gasteiger partial charge >= 0.3 is 13.6 Å². The van der Waals surface area contributed by atoms with Gasteiger partial charge < -0.3 is 18.2 Å². The number of piperidine rings is 1. The maximum atomic E-state index is 13.3. The Hall–Kier alpha value is -1.14. The SMILES string of the molecule is CCOP(=O)(Cc1c(C(=O)OC)oc(C(C)(C)C)c1CN1CCCCC1)OCC. The number of carbonyl (C=O) groups is 1. The molecule has 0 amide bonds. The maximum absolute atomic E-state index is 13.3. The van der Waals surface area contributed by atoms with E-state index in [-0.39, 0.29) is 30.6 Å². The number of ether oxygens (including phenoxy) is 1. The molecule has 2 heterocycles. The van der Waals surface area contributed by atoms with E-state index in [1.807, 2.05) is 20.8 Å². The van der Waals surface area contributed by atoms with Crippen LogP contribution in [0, 0.1) is 0 Å². The first-order valence-corrected chi connectivity index (χ1v) is 12.2. The normalized spacial score (nSPS) is 16.2. The summed E-state index contributed by atoms with van der Waals surface area (Å²) in [5, 5.41) is 0. The van der Waals surface area contributed by atoms with Crippen molar-refractivity contribution in [2.24, 2.45) is 0 Å². The second-order valence-corrected chi connectivity index (χ2v) is 10.5. The van der Waals surface area contributed by atoms with Crippen molar-refractivity contribution in [3.05, 3.63) is 22.6 Å². The first-order chi connectivity index (χ1) is 13.6. The zero-order valence-corrected chi connectivity index (χ0v) is 19.6. The van der Waals surface area contributed by atoms with Gasteiger partial charge in [0.05, 0.1) is 26.5 Å². The van der Waals surface area contributed by atoms with Gasteiger partial charge in [0.15, 0.2) is 0 Å². The van der Waals surface area contributed by atoms with Crippen LogP contribution in [0.5, 0.6) is 0 Å². The van der Waals surface area contributed by atoms with Crippen molar-refractivity contribution < 1.29 is 27.6 Å². The molecule has 0 aromatic carbocycles. The highest BCUT2D eigenvalue weighted by Crippen LogP contribution is 2.53. The molecule has 0 atom stereocenters. The maximum Gasteiger partial charge on any atom is 0.374 e. The van der Waals surface area contributed by atoms with E-state index in [4.69, 9.17) is 18.2 Å². The predicted octanol–water partition coefficient (Wildman–Crippen LogP) is 5.12. The summed E-state index contributed by atoms with van der Waals surface area (Å²) in [6.07, 6.45) is 3.52. The summed E-state index contributed by atoms with van der Waals surface area (Å²) in [7, 11) is -2.10.